The Kier molecular flexibility index (Phi) is 5.67. The maximum absolute atomic E-state index is 13.3. The molecule has 9 heteroatoms. The molecular formula is C19H14Cl2F3N3O. The van der Waals surface area contributed by atoms with Crippen molar-refractivity contribution in [1.29, 1.82) is 0 Å². The lowest BCUT2D eigenvalue weighted by Gasteiger charge is -2.13. The number of aryl methyl sites for hydroxylation is 1. The van der Waals surface area contributed by atoms with Crippen LogP contribution in [0, 0.1) is 6.92 Å². The number of alkyl halides is 3. The molecule has 1 aromatic heterocycles. The summed E-state index contributed by atoms with van der Waals surface area (Å²) in [6.45, 7) is 1.50. The summed E-state index contributed by atoms with van der Waals surface area (Å²) in [4.78, 5) is 12.4. The van der Waals surface area contributed by atoms with Crippen LogP contribution < -0.4 is 5.32 Å². The molecule has 1 heterocycles. The van der Waals surface area contributed by atoms with E-state index in [1.165, 1.54) is 35.1 Å². The van der Waals surface area contributed by atoms with Crippen molar-refractivity contribution < 1.29 is 18.0 Å². The highest BCUT2D eigenvalue weighted by molar-refractivity contribution is 6.40. The largest absolute Gasteiger partial charge is 0.416 e. The smallest absolute Gasteiger partial charge is 0.305 e. The second-order valence-corrected chi connectivity index (χ2v) is 6.92. The zero-order chi connectivity index (χ0) is 20.5. The van der Waals surface area contributed by atoms with E-state index in [9.17, 15) is 18.0 Å². The predicted molar refractivity (Wildman–Crippen MR) is 102 cm³/mol. The van der Waals surface area contributed by atoms with Gasteiger partial charge in [0, 0.05) is 12.3 Å². The minimum atomic E-state index is -4.47. The molecular weight excluding hydrogens is 414 g/mol. The molecule has 0 aliphatic heterocycles. The number of carbonyl (C=O) groups excluding carboxylic acids is 1. The van der Waals surface area contributed by atoms with Crippen molar-refractivity contribution in [1.82, 2.24) is 9.78 Å². The van der Waals surface area contributed by atoms with Crippen LogP contribution in [0.25, 0.3) is 0 Å². The minimum Gasteiger partial charge on any atom is -0.305 e. The first kappa shape index (κ1) is 20.2. The summed E-state index contributed by atoms with van der Waals surface area (Å²) in [6.07, 6.45) is -2.99. The van der Waals surface area contributed by atoms with Gasteiger partial charge in [-0.3, -0.25) is 9.48 Å². The summed E-state index contributed by atoms with van der Waals surface area (Å²) in [7, 11) is 0. The Labute approximate surface area is 168 Å². The van der Waals surface area contributed by atoms with Gasteiger partial charge in [0.1, 0.15) is 0 Å². The molecule has 0 unspecified atom stereocenters. The molecule has 1 amide bonds. The molecule has 0 bridgehead atoms. The normalized spacial score (nSPS) is 11.5. The fourth-order valence-corrected chi connectivity index (χ4v) is 3.25. The molecule has 0 aliphatic carbocycles. The van der Waals surface area contributed by atoms with E-state index in [1.807, 2.05) is 0 Å². The number of nitrogens with one attached hydrogen (secondary N) is 1. The SMILES string of the molecule is Cc1ccc(Cn2ccc(NC(=O)c3c(Cl)cccc3Cl)n2)c(C(F)(F)F)c1. The third kappa shape index (κ3) is 4.48. The number of aromatic nitrogens is 2. The maximum Gasteiger partial charge on any atom is 0.416 e. The molecule has 3 rings (SSSR count). The van der Waals surface area contributed by atoms with Crippen LogP contribution in [0.15, 0.2) is 48.7 Å². The Hall–Kier alpha value is -2.51. The molecule has 0 saturated heterocycles. The van der Waals surface area contributed by atoms with Gasteiger partial charge in [0.15, 0.2) is 5.82 Å². The minimum absolute atomic E-state index is 0.0771. The lowest BCUT2D eigenvalue weighted by Crippen LogP contribution is -2.15. The van der Waals surface area contributed by atoms with E-state index >= 15 is 0 Å². The molecule has 146 valence electrons. The fourth-order valence-electron chi connectivity index (χ4n) is 2.68. The Morgan fingerprint density at radius 2 is 1.82 bits per heavy atom. The Morgan fingerprint density at radius 1 is 1.14 bits per heavy atom. The summed E-state index contributed by atoms with van der Waals surface area (Å²) in [5.41, 5.74) is -0.0240. The van der Waals surface area contributed by atoms with Gasteiger partial charge in [0.2, 0.25) is 0 Å². The Bertz CT molecular complexity index is 1010. The third-order valence-electron chi connectivity index (χ3n) is 3.98. The molecule has 3 aromatic rings. The van der Waals surface area contributed by atoms with Crippen LogP contribution in [0.5, 0.6) is 0 Å². The van der Waals surface area contributed by atoms with Gasteiger partial charge in [-0.1, -0.05) is 47.0 Å². The zero-order valence-corrected chi connectivity index (χ0v) is 16.0. The standard InChI is InChI=1S/C19H14Cl2F3N3O/c1-11-5-6-12(13(9-11)19(22,23)24)10-27-8-7-16(26-27)25-18(28)17-14(20)3-2-4-15(17)21/h2-9H,10H2,1H3,(H,25,26,28). The van der Waals surface area contributed by atoms with Gasteiger partial charge in [-0.05, 0) is 30.7 Å². The van der Waals surface area contributed by atoms with Crippen molar-refractivity contribution in [2.45, 2.75) is 19.6 Å². The van der Waals surface area contributed by atoms with E-state index in [1.54, 1.807) is 19.1 Å². The van der Waals surface area contributed by atoms with Gasteiger partial charge in [0.25, 0.3) is 5.91 Å². The van der Waals surface area contributed by atoms with Crippen molar-refractivity contribution in [3.8, 4) is 0 Å². The van der Waals surface area contributed by atoms with Crippen LogP contribution in [0.4, 0.5) is 19.0 Å². The average molecular weight is 428 g/mol. The lowest BCUT2D eigenvalue weighted by atomic mass is 10.0. The molecule has 0 saturated carbocycles. The summed E-state index contributed by atoms with van der Waals surface area (Å²) in [5, 5.41) is 7.00. The second kappa shape index (κ2) is 7.85. The number of amides is 1. The van der Waals surface area contributed by atoms with Crippen LogP contribution in [0.3, 0.4) is 0 Å². The monoisotopic (exact) mass is 427 g/mol. The number of anilines is 1. The van der Waals surface area contributed by atoms with Crippen LogP contribution in [-0.4, -0.2) is 15.7 Å². The van der Waals surface area contributed by atoms with Crippen molar-refractivity contribution in [3.05, 3.63) is 81.0 Å². The molecule has 28 heavy (non-hydrogen) atoms. The number of rotatable bonds is 4. The number of halogens is 5. The van der Waals surface area contributed by atoms with E-state index in [2.05, 4.69) is 10.4 Å². The molecule has 0 radical (unpaired) electrons. The van der Waals surface area contributed by atoms with Crippen molar-refractivity contribution in [3.63, 3.8) is 0 Å². The fraction of sp³-hybridized carbons (Fsp3) is 0.158. The molecule has 0 atom stereocenters. The highest BCUT2D eigenvalue weighted by Gasteiger charge is 2.33. The molecule has 0 fully saturated rings. The number of benzene rings is 2. The first-order valence-electron chi connectivity index (χ1n) is 8.10. The van der Waals surface area contributed by atoms with Crippen molar-refractivity contribution in [2.24, 2.45) is 0 Å². The van der Waals surface area contributed by atoms with Crippen LogP contribution in [-0.2, 0) is 12.7 Å². The van der Waals surface area contributed by atoms with Crippen molar-refractivity contribution in [2.75, 3.05) is 5.32 Å². The number of nitrogens with zero attached hydrogens (tertiary/aromatic N) is 2. The van der Waals surface area contributed by atoms with Crippen LogP contribution in [0.2, 0.25) is 10.0 Å². The third-order valence-corrected chi connectivity index (χ3v) is 4.61. The first-order chi connectivity index (χ1) is 13.1. The van der Waals surface area contributed by atoms with Crippen LogP contribution >= 0.6 is 23.2 Å². The van der Waals surface area contributed by atoms with Gasteiger partial charge >= 0.3 is 6.18 Å². The number of hydrogen-bond acceptors (Lipinski definition) is 2. The topological polar surface area (TPSA) is 46.9 Å². The number of carbonyl (C=O) groups is 1. The molecule has 4 nitrogen and oxygen atoms in total. The second-order valence-electron chi connectivity index (χ2n) is 6.11. The maximum atomic E-state index is 13.3. The van der Waals surface area contributed by atoms with Gasteiger partial charge in [-0.15, -0.1) is 0 Å². The van der Waals surface area contributed by atoms with Gasteiger partial charge in [-0.2, -0.15) is 18.3 Å². The molecule has 0 spiro atoms. The van der Waals surface area contributed by atoms with E-state index in [4.69, 9.17) is 23.2 Å². The molecule has 2 aromatic carbocycles. The Balaban J connectivity index is 1.80. The Morgan fingerprint density at radius 3 is 2.46 bits per heavy atom. The first-order valence-corrected chi connectivity index (χ1v) is 8.86. The molecule has 0 aliphatic rings. The quantitative estimate of drug-likeness (QED) is 0.570. The molecule has 1 N–H and O–H groups in total. The van der Waals surface area contributed by atoms with E-state index in [0.29, 0.717) is 5.56 Å². The predicted octanol–water partition coefficient (Wildman–Crippen LogP) is 5.82. The highest BCUT2D eigenvalue weighted by Crippen LogP contribution is 2.33. The summed E-state index contributed by atoms with van der Waals surface area (Å²) in [5.74, 6) is -0.395. The van der Waals surface area contributed by atoms with E-state index in [0.717, 1.165) is 6.07 Å². The number of hydrogen-bond donors (Lipinski definition) is 1. The van der Waals surface area contributed by atoms with Gasteiger partial charge in [-0.25, -0.2) is 0 Å². The van der Waals surface area contributed by atoms with Gasteiger partial charge in [0.05, 0.1) is 27.7 Å². The van der Waals surface area contributed by atoms with E-state index < -0.39 is 17.6 Å². The summed E-state index contributed by atoms with van der Waals surface area (Å²) in [6, 6.07) is 10.3. The van der Waals surface area contributed by atoms with E-state index in [-0.39, 0.29) is 33.5 Å². The summed E-state index contributed by atoms with van der Waals surface area (Å²) >= 11 is 12.0. The van der Waals surface area contributed by atoms with Crippen molar-refractivity contribution >= 4 is 34.9 Å². The summed E-state index contributed by atoms with van der Waals surface area (Å²) < 4.78 is 41.1. The zero-order valence-electron chi connectivity index (χ0n) is 14.5. The average Bonchev–Trinajstić information content (AvgIpc) is 3.02. The lowest BCUT2D eigenvalue weighted by molar-refractivity contribution is -0.138. The van der Waals surface area contributed by atoms with Crippen LogP contribution in [0.1, 0.15) is 27.0 Å². The highest BCUT2D eigenvalue weighted by atomic mass is 35.5. The van der Waals surface area contributed by atoms with Gasteiger partial charge < -0.3 is 5.32 Å².